The van der Waals surface area contributed by atoms with Gasteiger partial charge >= 0.3 is 12.1 Å². The molecule has 0 spiro atoms. The minimum Gasteiger partial charge on any atom is -0.345 e. The van der Waals surface area contributed by atoms with Crippen LogP contribution in [0.3, 0.4) is 0 Å². The van der Waals surface area contributed by atoms with Crippen LogP contribution in [0.4, 0.5) is 13.2 Å². The van der Waals surface area contributed by atoms with Crippen molar-refractivity contribution in [1.29, 1.82) is 0 Å². The Hall–Kier alpha value is -1.56. The van der Waals surface area contributed by atoms with Gasteiger partial charge in [0.2, 0.25) is 0 Å². The van der Waals surface area contributed by atoms with Crippen molar-refractivity contribution in [3.05, 3.63) is 35.9 Å². The Morgan fingerprint density at radius 1 is 1.17 bits per heavy atom. The molecule has 3 fully saturated rings. The standard InChI is InChI=1S/C17H19F3N2O/c18-17(19,20)15(23)21-12-6-13-9-16(10-14(7-12)22(13)16)8-11-4-2-1-3-5-11/h1-5,12-14H,6-10H2,(H,21,23)/t12?,13-,14+,16?. The van der Waals surface area contributed by atoms with Crippen LogP contribution in [0.5, 0.6) is 0 Å². The summed E-state index contributed by atoms with van der Waals surface area (Å²) >= 11 is 0. The van der Waals surface area contributed by atoms with E-state index in [1.807, 2.05) is 18.2 Å². The molecule has 4 rings (SSSR count). The molecule has 0 radical (unpaired) electrons. The minimum atomic E-state index is -4.78. The van der Waals surface area contributed by atoms with E-state index in [0.29, 0.717) is 24.9 Å². The van der Waals surface area contributed by atoms with Crippen molar-refractivity contribution in [1.82, 2.24) is 10.2 Å². The first-order valence-corrected chi connectivity index (χ1v) is 8.07. The third-order valence-corrected chi connectivity index (χ3v) is 5.65. The quantitative estimate of drug-likeness (QED) is 0.927. The van der Waals surface area contributed by atoms with Gasteiger partial charge in [-0.05, 0) is 37.7 Å². The molecule has 3 heterocycles. The molecule has 3 aliphatic heterocycles. The van der Waals surface area contributed by atoms with Crippen molar-refractivity contribution in [2.75, 3.05) is 0 Å². The summed E-state index contributed by atoms with van der Waals surface area (Å²) in [7, 11) is 0. The molecule has 6 heteroatoms. The van der Waals surface area contributed by atoms with Gasteiger partial charge in [-0.25, -0.2) is 0 Å². The monoisotopic (exact) mass is 324 g/mol. The van der Waals surface area contributed by atoms with Crippen LogP contribution in [-0.4, -0.2) is 40.6 Å². The summed E-state index contributed by atoms with van der Waals surface area (Å²) in [4.78, 5) is 13.6. The number of piperidine rings is 2. The molecule has 2 unspecified atom stereocenters. The zero-order valence-electron chi connectivity index (χ0n) is 12.6. The van der Waals surface area contributed by atoms with Crippen LogP contribution >= 0.6 is 0 Å². The van der Waals surface area contributed by atoms with Crippen LogP contribution in [0.1, 0.15) is 31.2 Å². The maximum absolute atomic E-state index is 12.4. The maximum Gasteiger partial charge on any atom is 0.471 e. The Morgan fingerprint density at radius 2 is 1.78 bits per heavy atom. The fourth-order valence-electron chi connectivity index (χ4n) is 4.96. The van der Waals surface area contributed by atoms with Crippen LogP contribution in [0.2, 0.25) is 0 Å². The number of carbonyl (C=O) groups is 1. The molecule has 0 aromatic heterocycles. The first-order chi connectivity index (χ1) is 10.9. The average Bonchev–Trinajstić information content (AvgIpc) is 2.44. The lowest BCUT2D eigenvalue weighted by molar-refractivity contribution is -0.224. The number of benzene rings is 1. The summed E-state index contributed by atoms with van der Waals surface area (Å²) in [6.45, 7) is 0. The Kier molecular flexibility index (Phi) is 3.24. The Labute approximate surface area is 132 Å². The van der Waals surface area contributed by atoms with E-state index in [0.717, 1.165) is 19.3 Å². The van der Waals surface area contributed by atoms with Gasteiger partial charge in [0, 0.05) is 23.7 Å². The van der Waals surface area contributed by atoms with Crippen molar-refractivity contribution < 1.29 is 18.0 Å². The van der Waals surface area contributed by atoms with E-state index in [1.165, 1.54) is 5.56 Å². The SMILES string of the molecule is O=C(NC1C[C@@H]2CC3(Cc4ccccc4)C[C@H](C1)N23)C(F)(F)F. The van der Waals surface area contributed by atoms with E-state index in [1.54, 1.807) is 0 Å². The van der Waals surface area contributed by atoms with Crippen molar-refractivity contribution in [2.45, 2.75) is 61.9 Å². The van der Waals surface area contributed by atoms with E-state index in [9.17, 15) is 18.0 Å². The van der Waals surface area contributed by atoms with Crippen molar-refractivity contribution >= 4 is 5.91 Å². The number of nitrogens with zero attached hydrogens (tertiary/aromatic N) is 1. The Balaban J connectivity index is 1.37. The summed E-state index contributed by atoms with van der Waals surface area (Å²) in [5, 5.41) is 2.17. The molecule has 1 N–H and O–H groups in total. The first kappa shape index (κ1) is 15.0. The second-order valence-corrected chi connectivity index (χ2v) is 7.15. The molecule has 23 heavy (non-hydrogen) atoms. The van der Waals surface area contributed by atoms with Crippen molar-refractivity contribution in [3.63, 3.8) is 0 Å². The number of amides is 1. The average molecular weight is 324 g/mol. The van der Waals surface area contributed by atoms with Gasteiger partial charge in [-0.3, -0.25) is 9.69 Å². The fraction of sp³-hybridized carbons (Fsp3) is 0.588. The summed E-state index contributed by atoms with van der Waals surface area (Å²) < 4.78 is 37.1. The molecule has 0 saturated carbocycles. The second kappa shape index (κ2) is 4.97. The summed E-state index contributed by atoms with van der Waals surface area (Å²) in [6.07, 6.45) is -0.453. The van der Waals surface area contributed by atoms with Gasteiger partial charge in [0.05, 0.1) is 0 Å². The molecule has 1 amide bonds. The predicted molar refractivity (Wildman–Crippen MR) is 78.7 cm³/mol. The number of hydrogen-bond donors (Lipinski definition) is 1. The number of carbonyl (C=O) groups excluding carboxylic acids is 1. The van der Waals surface area contributed by atoms with Gasteiger partial charge in [0.15, 0.2) is 0 Å². The number of hydrogen-bond acceptors (Lipinski definition) is 2. The van der Waals surface area contributed by atoms with Gasteiger partial charge in [-0.1, -0.05) is 30.3 Å². The zero-order chi connectivity index (χ0) is 16.2. The lowest BCUT2D eigenvalue weighted by Crippen LogP contribution is -2.82. The minimum absolute atomic E-state index is 0.218. The molecule has 0 bridgehead atoms. The van der Waals surface area contributed by atoms with Crippen LogP contribution in [0.15, 0.2) is 30.3 Å². The van der Waals surface area contributed by atoms with Gasteiger partial charge in [0.1, 0.15) is 0 Å². The largest absolute Gasteiger partial charge is 0.471 e. The highest BCUT2D eigenvalue weighted by Gasteiger charge is 2.64. The number of nitrogens with one attached hydrogen (secondary N) is 1. The normalized spacial score (nSPS) is 35.7. The lowest BCUT2D eigenvalue weighted by Gasteiger charge is -2.74. The van der Waals surface area contributed by atoms with E-state index >= 15 is 0 Å². The summed E-state index contributed by atoms with van der Waals surface area (Å²) in [5.41, 5.74) is 1.53. The molecule has 4 atom stereocenters. The van der Waals surface area contributed by atoms with Crippen molar-refractivity contribution in [3.8, 4) is 0 Å². The Bertz CT molecular complexity index is 600. The number of halogens is 3. The van der Waals surface area contributed by atoms with Gasteiger partial charge < -0.3 is 5.32 Å². The molecular formula is C17H19F3N2O. The summed E-state index contributed by atoms with van der Waals surface area (Å²) in [5.74, 6) is -1.80. The molecular weight excluding hydrogens is 305 g/mol. The zero-order valence-corrected chi connectivity index (χ0v) is 12.6. The van der Waals surface area contributed by atoms with E-state index < -0.39 is 12.1 Å². The molecule has 0 aliphatic carbocycles. The van der Waals surface area contributed by atoms with E-state index in [-0.39, 0.29) is 11.6 Å². The number of rotatable bonds is 3. The van der Waals surface area contributed by atoms with Crippen LogP contribution in [-0.2, 0) is 11.2 Å². The van der Waals surface area contributed by atoms with Crippen molar-refractivity contribution in [2.24, 2.45) is 0 Å². The molecule has 1 aromatic rings. The lowest BCUT2D eigenvalue weighted by atomic mass is 9.57. The molecule has 3 nitrogen and oxygen atoms in total. The maximum atomic E-state index is 12.4. The topological polar surface area (TPSA) is 32.3 Å². The highest BCUT2D eigenvalue weighted by Crippen LogP contribution is 2.57. The van der Waals surface area contributed by atoms with Gasteiger partial charge in [0.25, 0.3) is 0 Å². The third-order valence-electron chi connectivity index (χ3n) is 5.65. The highest BCUT2D eigenvalue weighted by molar-refractivity contribution is 5.82. The molecule has 3 saturated heterocycles. The predicted octanol–water partition coefficient (Wildman–Crippen LogP) is 2.66. The van der Waals surface area contributed by atoms with Crippen LogP contribution in [0, 0.1) is 0 Å². The van der Waals surface area contributed by atoms with Crippen LogP contribution < -0.4 is 5.32 Å². The van der Waals surface area contributed by atoms with Crippen LogP contribution in [0.25, 0.3) is 0 Å². The first-order valence-electron chi connectivity index (χ1n) is 8.07. The molecule has 124 valence electrons. The van der Waals surface area contributed by atoms with E-state index in [2.05, 4.69) is 22.3 Å². The number of alkyl halides is 3. The molecule has 3 aliphatic rings. The van der Waals surface area contributed by atoms with Gasteiger partial charge in [-0.2, -0.15) is 13.2 Å². The third kappa shape index (κ3) is 2.43. The summed E-state index contributed by atoms with van der Waals surface area (Å²) in [6, 6.07) is 10.6. The molecule has 1 aromatic carbocycles. The highest BCUT2D eigenvalue weighted by atomic mass is 19.4. The fourth-order valence-corrected chi connectivity index (χ4v) is 4.96. The van der Waals surface area contributed by atoms with E-state index in [4.69, 9.17) is 0 Å². The van der Waals surface area contributed by atoms with Gasteiger partial charge in [-0.15, -0.1) is 0 Å². The Morgan fingerprint density at radius 3 is 2.35 bits per heavy atom. The smallest absolute Gasteiger partial charge is 0.345 e. The second-order valence-electron chi connectivity index (χ2n) is 7.15.